The second kappa shape index (κ2) is 6.91. The van der Waals surface area contributed by atoms with Crippen LogP contribution in [-0.4, -0.2) is 47.3 Å². The average Bonchev–Trinajstić information content (AvgIpc) is 3.10. The van der Waals surface area contributed by atoms with Crippen molar-refractivity contribution in [1.82, 2.24) is 15.1 Å². The van der Waals surface area contributed by atoms with Crippen LogP contribution in [0.4, 0.5) is 0 Å². The van der Waals surface area contributed by atoms with Crippen molar-refractivity contribution in [3.8, 4) is 0 Å². The lowest BCUT2D eigenvalue weighted by atomic mass is 10.1. The SMILES string of the molecule is O=C(c1ccc(C=Cc2n[nH]c3ccccc23)cc1)N1CCOCC1. The second-order valence-electron chi connectivity index (χ2n) is 6.01. The predicted molar refractivity (Wildman–Crippen MR) is 98.2 cm³/mol. The molecule has 126 valence electrons. The minimum Gasteiger partial charge on any atom is -0.378 e. The highest BCUT2D eigenvalue weighted by atomic mass is 16.5. The van der Waals surface area contributed by atoms with Gasteiger partial charge in [-0.2, -0.15) is 5.10 Å². The maximum Gasteiger partial charge on any atom is 0.254 e. The van der Waals surface area contributed by atoms with E-state index in [0.29, 0.717) is 31.9 Å². The number of nitrogens with one attached hydrogen (secondary N) is 1. The molecule has 0 aliphatic carbocycles. The van der Waals surface area contributed by atoms with Crippen LogP contribution >= 0.6 is 0 Å². The van der Waals surface area contributed by atoms with Gasteiger partial charge in [0, 0.05) is 24.0 Å². The number of para-hydroxylation sites is 1. The largest absolute Gasteiger partial charge is 0.378 e. The van der Waals surface area contributed by atoms with Gasteiger partial charge < -0.3 is 9.64 Å². The first-order chi connectivity index (χ1) is 12.3. The first kappa shape index (κ1) is 15.6. The minimum atomic E-state index is 0.0668. The normalized spacial score (nSPS) is 15.1. The van der Waals surface area contributed by atoms with E-state index in [1.165, 1.54) is 0 Å². The zero-order valence-corrected chi connectivity index (χ0v) is 13.8. The zero-order chi connectivity index (χ0) is 17.1. The number of morpholine rings is 1. The Morgan fingerprint density at radius 3 is 2.60 bits per heavy atom. The van der Waals surface area contributed by atoms with Gasteiger partial charge in [-0.15, -0.1) is 0 Å². The van der Waals surface area contributed by atoms with Gasteiger partial charge in [-0.25, -0.2) is 0 Å². The minimum absolute atomic E-state index is 0.0668. The summed E-state index contributed by atoms with van der Waals surface area (Å²) in [6, 6.07) is 15.7. The molecular weight excluding hydrogens is 314 g/mol. The first-order valence-electron chi connectivity index (χ1n) is 8.39. The summed E-state index contributed by atoms with van der Waals surface area (Å²) < 4.78 is 5.29. The highest BCUT2D eigenvalue weighted by molar-refractivity contribution is 5.95. The molecular formula is C20H19N3O2. The van der Waals surface area contributed by atoms with Crippen molar-refractivity contribution in [2.45, 2.75) is 0 Å². The van der Waals surface area contributed by atoms with E-state index in [9.17, 15) is 4.79 Å². The molecule has 1 amide bonds. The van der Waals surface area contributed by atoms with E-state index in [0.717, 1.165) is 22.2 Å². The van der Waals surface area contributed by atoms with Crippen LogP contribution in [0.3, 0.4) is 0 Å². The molecule has 5 heteroatoms. The molecule has 0 unspecified atom stereocenters. The number of aromatic amines is 1. The summed E-state index contributed by atoms with van der Waals surface area (Å²) in [4.78, 5) is 14.3. The fraction of sp³-hybridized carbons (Fsp3) is 0.200. The maximum absolute atomic E-state index is 12.4. The molecule has 25 heavy (non-hydrogen) atoms. The van der Waals surface area contributed by atoms with Crippen molar-refractivity contribution >= 4 is 29.0 Å². The number of benzene rings is 2. The molecule has 0 bridgehead atoms. The summed E-state index contributed by atoms with van der Waals surface area (Å²) in [7, 11) is 0. The third kappa shape index (κ3) is 3.32. The monoisotopic (exact) mass is 333 g/mol. The van der Waals surface area contributed by atoms with Crippen LogP contribution in [0.25, 0.3) is 23.1 Å². The Bertz CT molecular complexity index is 906. The van der Waals surface area contributed by atoms with Crippen molar-refractivity contribution < 1.29 is 9.53 Å². The molecule has 3 aromatic rings. The van der Waals surface area contributed by atoms with Crippen LogP contribution in [0.1, 0.15) is 21.6 Å². The molecule has 1 saturated heterocycles. The molecule has 0 saturated carbocycles. The van der Waals surface area contributed by atoms with Gasteiger partial charge in [0.15, 0.2) is 0 Å². The van der Waals surface area contributed by atoms with Crippen LogP contribution < -0.4 is 0 Å². The van der Waals surface area contributed by atoms with Crippen LogP contribution in [0.15, 0.2) is 48.5 Å². The number of hydrogen-bond donors (Lipinski definition) is 1. The third-order valence-electron chi connectivity index (χ3n) is 4.39. The van der Waals surface area contributed by atoms with Crippen LogP contribution in [0.5, 0.6) is 0 Å². The number of ether oxygens (including phenoxy) is 1. The average molecular weight is 333 g/mol. The summed E-state index contributed by atoms with van der Waals surface area (Å²) in [5.74, 6) is 0.0668. The van der Waals surface area contributed by atoms with Gasteiger partial charge in [-0.3, -0.25) is 9.89 Å². The van der Waals surface area contributed by atoms with Gasteiger partial charge in [0.2, 0.25) is 0 Å². The molecule has 0 radical (unpaired) electrons. The van der Waals surface area contributed by atoms with E-state index in [4.69, 9.17) is 4.74 Å². The molecule has 1 N–H and O–H groups in total. The van der Waals surface area contributed by atoms with E-state index in [1.54, 1.807) is 0 Å². The Balaban J connectivity index is 1.49. The van der Waals surface area contributed by atoms with Gasteiger partial charge >= 0.3 is 0 Å². The van der Waals surface area contributed by atoms with Gasteiger partial charge in [0.05, 0.1) is 24.4 Å². The Kier molecular flexibility index (Phi) is 4.31. The number of fused-ring (bicyclic) bond motifs is 1. The molecule has 1 aliphatic heterocycles. The van der Waals surface area contributed by atoms with Gasteiger partial charge in [0.25, 0.3) is 5.91 Å². The molecule has 5 nitrogen and oxygen atoms in total. The Hall–Kier alpha value is -2.92. The Morgan fingerprint density at radius 2 is 1.80 bits per heavy atom. The summed E-state index contributed by atoms with van der Waals surface area (Å²) in [6.07, 6.45) is 3.99. The smallest absolute Gasteiger partial charge is 0.254 e. The van der Waals surface area contributed by atoms with Gasteiger partial charge in [-0.1, -0.05) is 36.4 Å². The number of nitrogens with zero attached hydrogens (tertiary/aromatic N) is 2. The van der Waals surface area contributed by atoms with E-state index < -0.39 is 0 Å². The van der Waals surface area contributed by atoms with Crippen molar-refractivity contribution in [1.29, 1.82) is 0 Å². The predicted octanol–water partition coefficient (Wildman–Crippen LogP) is 3.21. The number of carbonyl (C=O) groups is 1. The summed E-state index contributed by atoms with van der Waals surface area (Å²) in [5, 5.41) is 8.45. The van der Waals surface area contributed by atoms with Gasteiger partial charge in [0.1, 0.15) is 0 Å². The molecule has 2 aromatic carbocycles. The standard InChI is InChI=1S/C20H19N3O2/c24-20(23-11-13-25-14-12-23)16-8-5-15(6-9-16)7-10-19-17-3-1-2-4-18(17)21-22-19/h1-10H,11-14H2,(H,21,22). The van der Waals surface area contributed by atoms with E-state index in [1.807, 2.05) is 65.6 Å². The van der Waals surface area contributed by atoms with Gasteiger partial charge in [-0.05, 0) is 29.8 Å². The van der Waals surface area contributed by atoms with Crippen LogP contribution in [0.2, 0.25) is 0 Å². The van der Waals surface area contributed by atoms with E-state index in [2.05, 4.69) is 10.2 Å². The topological polar surface area (TPSA) is 58.2 Å². The van der Waals surface area contributed by atoms with Crippen LogP contribution in [-0.2, 0) is 4.74 Å². The lowest BCUT2D eigenvalue weighted by Crippen LogP contribution is -2.40. The number of rotatable bonds is 3. The molecule has 0 spiro atoms. The summed E-state index contributed by atoms with van der Waals surface area (Å²) >= 11 is 0. The lowest BCUT2D eigenvalue weighted by molar-refractivity contribution is 0.0303. The lowest BCUT2D eigenvalue weighted by Gasteiger charge is -2.26. The van der Waals surface area contributed by atoms with Crippen molar-refractivity contribution in [3.63, 3.8) is 0 Å². The number of carbonyl (C=O) groups excluding carboxylic acids is 1. The Morgan fingerprint density at radius 1 is 1.04 bits per heavy atom. The molecule has 0 atom stereocenters. The number of aromatic nitrogens is 2. The number of H-pyrrole nitrogens is 1. The fourth-order valence-electron chi connectivity index (χ4n) is 2.97. The van der Waals surface area contributed by atoms with E-state index in [-0.39, 0.29) is 5.91 Å². The molecule has 2 heterocycles. The second-order valence-corrected chi connectivity index (χ2v) is 6.01. The molecule has 1 aliphatic rings. The van der Waals surface area contributed by atoms with Crippen LogP contribution in [0, 0.1) is 0 Å². The van der Waals surface area contributed by atoms with Crippen molar-refractivity contribution in [2.24, 2.45) is 0 Å². The summed E-state index contributed by atoms with van der Waals surface area (Å²) in [6.45, 7) is 2.55. The highest BCUT2D eigenvalue weighted by Crippen LogP contribution is 2.18. The Labute approximate surface area is 145 Å². The molecule has 1 aromatic heterocycles. The summed E-state index contributed by atoms with van der Waals surface area (Å²) in [5.41, 5.74) is 3.67. The molecule has 1 fully saturated rings. The zero-order valence-electron chi connectivity index (χ0n) is 13.8. The van der Waals surface area contributed by atoms with Crippen molar-refractivity contribution in [3.05, 3.63) is 65.4 Å². The number of hydrogen-bond acceptors (Lipinski definition) is 3. The maximum atomic E-state index is 12.4. The quantitative estimate of drug-likeness (QED) is 0.801. The first-order valence-corrected chi connectivity index (χ1v) is 8.39. The van der Waals surface area contributed by atoms with E-state index >= 15 is 0 Å². The van der Waals surface area contributed by atoms with Crippen molar-refractivity contribution in [2.75, 3.05) is 26.3 Å². The fourth-order valence-corrected chi connectivity index (χ4v) is 2.97. The number of amides is 1. The highest BCUT2D eigenvalue weighted by Gasteiger charge is 2.17. The molecule has 4 rings (SSSR count). The third-order valence-corrected chi connectivity index (χ3v) is 4.39.